The minimum absolute atomic E-state index is 0.0526. The van der Waals surface area contributed by atoms with Crippen LogP contribution in [0.25, 0.3) is 0 Å². The van der Waals surface area contributed by atoms with Crippen LogP contribution in [-0.2, 0) is 16.0 Å². The van der Waals surface area contributed by atoms with E-state index in [4.69, 9.17) is 0 Å². The van der Waals surface area contributed by atoms with E-state index in [1.165, 1.54) is 44.2 Å². The summed E-state index contributed by atoms with van der Waals surface area (Å²) in [5, 5.41) is 9.36. The molecule has 0 aromatic heterocycles. The Morgan fingerprint density at radius 3 is 2.16 bits per heavy atom. The van der Waals surface area contributed by atoms with Crippen LogP contribution in [0.1, 0.15) is 42.6 Å². The SMILES string of the molecule is CC(C)(C1CCN(C(=O)c2ccc(O)cc2)CC1)S(=O)(=O)c1cccc(C(F)(F)F)c1. The van der Waals surface area contributed by atoms with Crippen molar-refractivity contribution in [3.63, 3.8) is 0 Å². The molecule has 5 nitrogen and oxygen atoms in total. The van der Waals surface area contributed by atoms with Crippen LogP contribution in [0.5, 0.6) is 5.75 Å². The molecule has 31 heavy (non-hydrogen) atoms. The lowest BCUT2D eigenvalue weighted by Crippen LogP contribution is -2.47. The zero-order valence-electron chi connectivity index (χ0n) is 17.2. The zero-order valence-corrected chi connectivity index (χ0v) is 18.0. The Hall–Kier alpha value is -2.55. The number of likely N-dealkylation sites (tertiary alicyclic amines) is 1. The summed E-state index contributed by atoms with van der Waals surface area (Å²) in [6, 6.07) is 9.70. The first-order valence-electron chi connectivity index (χ1n) is 9.84. The maximum absolute atomic E-state index is 13.2. The average molecular weight is 455 g/mol. The number of carbonyl (C=O) groups excluding carboxylic acids is 1. The van der Waals surface area contributed by atoms with Crippen LogP contribution in [0.3, 0.4) is 0 Å². The second-order valence-electron chi connectivity index (χ2n) is 8.25. The Bertz CT molecular complexity index is 1050. The summed E-state index contributed by atoms with van der Waals surface area (Å²) in [6.45, 7) is 3.74. The van der Waals surface area contributed by atoms with E-state index in [0.29, 0.717) is 37.6 Å². The van der Waals surface area contributed by atoms with E-state index >= 15 is 0 Å². The van der Waals surface area contributed by atoms with Gasteiger partial charge in [-0.3, -0.25) is 4.79 Å². The highest BCUT2D eigenvalue weighted by molar-refractivity contribution is 7.92. The van der Waals surface area contributed by atoms with Gasteiger partial charge in [0.25, 0.3) is 5.91 Å². The van der Waals surface area contributed by atoms with Gasteiger partial charge < -0.3 is 10.0 Å². The summed E-state index contributed by atoms with van der Waals surface area (Å²) in [6.07, 6.45) is -3.81. The summed E-state index contributed by atoms with van der Waals surface area (Å²) < 4.78 is 64.3. The van der Waals surface area contributed by atoms with Crippen LogP contribution in [-0.4, -0.2) is 42.2 Å². The van der Waals surface area contributed by atoms with E-state index in [1.54, 1.807) is 4.90 Å². The van der Waals surface area contributed by atoms with Crippen LogP contribution < -0.4 is 0 Å². The molecule has 1 heterocycles. The number of nitrogens with zero attached hydrogens (tertiary/aromatic N) is 1. The average Bonchev–Trinajstić information content (AvgIpc) is 2.73. The number of hydrogen-bond donors (Lipinski definition) is 1. The first kappa shape index (κ1) is 23.1. The van der Waals surface area contributed by atoms with Crippen molar-refractivity contribution in [2.75, 3.05) is 13.1 Å². The van der Waals surface area contributed by atoms with Gasteiger partial charge in [0.1, 0.15) is 5.75 Å². The van der Waals surface area contributed by atoms with Gasteiger partial charge >= 0.3 is 6.18 Å². The Morgan fingerprint density at radius 1 is 1.03 bits per heavy atom. The van der Waals surface area contributed by atoms with Gasteiger partial charge in [0.2, 0.25) is 0 Å². The second-order valence-corrected chi connectivity index (χ2v) is 10.8. The third-order valence-corrected chi connectivity index (χ3v) is 8.64. The zero-order chi connectivity index (χ0) is 23.0. The van der Waals surface area contributed by atoms with Gasteiger partial charge in [-0.25, -0.2) is 8.42 Å². The van der Waals surface area contributed by atoms with Crippen LogP contribution in [0.15, 0.2) is 53.4 Å². The molecule has 0 unspecified atom stereocenters. The lowest BCUT2D eigenvalue weighted by Gasteiger charge is -2.40. The first-order chi connectivity index (χ1) is 14.3. The van der Waals surface area contributed by atoms with Crippen molar-refractivity contribution < 1.29 is 31.5 Å². The predicted molar refractivity (Wildman–Crippen MR) is 109 cm³/mol. The number of sulfone groups is 1. The fourth-order valence-corrected chi connectivity index (χ4v) is 5.75. The standard InChI is InChI=1S/C22H24F3NO4S/c1-21(2,31(29,30)19-5-3-4-17(14-19)22(23,24)25)16-10-12-26(13-11-16)20(28)15-6-8-18(27)9-7-15/h3-9,14,16,27H,10-13H2,1-2H3. The van der Waals surface area contributed by atoms with E-state index in [-0.39, 0.29) is 22.5 Å². The number of carbonyl (C=O) groups is 1. The third kappa shape index (κ3) is 4.56. The molecule has 9 heteroatoms. The monoisotopic (exact) mass is 455 g/mol. The van der Waals surface area contributed by atoms with Gasteiger partial charge in [-0.05, 0) is 75.1 Å². The number of phenolic OH excluding ortho intramolecular Hbond substituents is 1. The Labute approximate surface area is 179 Å². The van der Waals surface area contributed by atoms with Gasteiger partial charge in [-0.2, -0.15) is 13.2 Å². The van der Waals surface area contributed by atoms with E-state index in [2.05, 4.69) is 0 Å². The number of benzene rings is 2. The normalized spacial score (nSPS) is 16.4. The predicted octanol–water partition coefficient (Wildman–Crippen LogP) is 4.52. The molecule has 0 bridgehead atoms. The largest absolute Gasteiger partial charge is 0.508 e. The number of phenols is 1. The summed E-state index contributed by atoms with van der Waals surface area (Å²) in [7, 11) is -4.05. The highest BCUT2D eigenvalue weighted by Gasteiger charge is 2.45. The first-order valence-corrected chi connectivity index (χ1v) is 11.3. The fraction of sp³-hybridized carbons (Fsp3) is 0.409. The maximum atomic E-state index is 13.2. The molecular formula is C22H24F3NO4S. The molecule has 0 aliphatic carbocycles. The maximum Gasteiger partial charge on any atom is 0.416 e. The quantitative estimate of drug-likeness (QED) is 0.736. The number of alkyl halides is 3. The molecule has 1 aliphatic rings. The molecule has 3 rings (SSSR count). The van der Waals surface area contributed by atoms with Crippen LogP contribution in [0.4, 0.5) is 13.2 Å². The Balaban J connectivity index is 1.76. The lowest BCUT2D eigenvalue weighted by atomic mass is 9.85. The number of rotatable bonds is 4. The van der Waals surface area contributed by atoms with Crippen molar-refractivity contribution in [1.29, 1.82) is 0 Å². The Morgan fingerprint density at radius 2 is 1.61 bits per heavy atom. The van der Waals surface area contributed by atoms with Crippen molar-refractivity contribution in [3.05, 3.63) is 59.7 Å². The molecule has 2 aromatic rings. The van der Waals surface area contributed by atoms with Gasteiger partial charge in [-0.1, -0.05) is 6.07 Å². The smallest absolute Gasteiger partial charge is 0.416 e. The highest BCUT2D eigenvalue weighted by atomic mass is 32.2. The molecule has 1 aliphatic heterocycles. The van der Waals surface area contributed by atoms with Gasteiger partial charge in [-0.15, -0.1) is 0 Å². The molecule has 168 valence electrons. The van der Waals surface area contributed by atoms with Crippen molar-refractivity contribution in [2.45, 2.75) is 42.5 Å². The molecule has 1 amide bonds. The number of halogens is 3. The lowest BCUT2D eigenvalue weighted by molar-refractivity contribution is -0.137. The van der Waals surface area contributed by atoms with Gasteiger partial charge in [0.15, 0.2) is 9.84 Å². The van der Waals surface area contributed by atoms with Crippen LogP contribution in [0, 0.1) is 5.92 Å². The number of hydrogen-bond acceptors (Lipinski definition) is 4. The van der Waals surface area contributed by atoms with Crippen molar-refractivity contribution in [2.24, 2.45) is 5.92 Å². The number of piperidine rings is 1. The van der Waals surface area contributed by atoms with E-state index in [9.17, 15) is 31.5 Å². The molecule has 2 aromatic carbocycles. The molecule has 1 saturated heterocycles. The summed E-state index contributed by atoms with van der Waals surface area (Å²) in [5.74, 6) is -0.482. The molecule has 1 N–H and O–H groups in total. The summed E-state index contributed by atoms with van der Waals surface area (Å²) in [5.41, 5.74) is -0.578. The number of aromatic hydroxyl groups is 1. The summed E-state index contributed by atoms with van der Waals surface area (Å²) in [4.78, 5) is 13.9. The molecular weight excluding hydrogens is 431 g/mol. The summed E-state index contributed by atoms with van der Waals surface area (Å²) >= 11 is 0. The minimum Gasteiger partial charge on any atom is -0.508 e. The molecule has 0 radical (unpaired) electrons. The second kappa shape index (κ2) is 8.18. The van der Waals surface area contributed by atoms with Crippen LogP contribution >= 0.6 is 0 Å². The van der Waals surface area contributed by atoms with Crippen molar-refractivity contribution in [3.8, 4) is 5.75 Å². The number of amides is 1. The van der Waals surface area contributed by atoms with Crippen LogP contribution in [0.2, 0.25) is 0 Å². The fourth-order valence-electron chi connectivity index (χ4n) is 3.93. The van der Waals surface area contributed by atoms with E-state index in [1.807, 2.05) is 0 Å². The topological polar surface area (TPSA) is 74.7 Å². The molecule has 0 spiro atoms. The molecule has 1 fully saturated rings. The van der Waals surface area contributed by atoms with Gasteiger partial charge in [0, 0.05) is 18.7 Å². The van der Waals surface area contributed by atoms with Gasteiger partial charge in [0.05, 0.1) is 15.2 Å². The minimum atomic E-state index is -4.63. The van der Waals surface area contributed by atoms with Crippen molar-refractivity contribution >= 4 is 15.7 Å². The molecule has 0 atom stereocenters. The Kier molecular flexibility index (Phi) is 6.10. The van der Waals surface area contributed by atoms with Crippen molar-refractivity contribution in [1.82, 2.24) is 4.90 Å². The molecule has 0 saturated carbocycles. The highest BCUT2D eigenvalue weighted by Crippen LogP contribution is 2.39. The van der Waals surface area contributed by atoms with E-state index in [0.717, 1.165) is 12.1 Å². The third-order valence-electron chi connectivity index (χ3n) is 6.04. The van der Waals surface area contributed by atoms with E-state index < -0.39 is 26.3 Å².